The molecule has 146 valence electrons. The van der Waals surface area contributed by atoms with E-state index in [1.165, 1.54) is 30.3 Å². The highest BCUT2D eigenvalue weighted by molar-refractivity contribution is 5.90. The van der Waals surface area contributed by atoms with Crippen LogP contribution in [0.1, 0.15) is 35.1 Å². The molecule has 2 aromatic rings. The lowest BCUT2D eigenvalue weighted by molar-refractivity contribution is -0.126. The highest BCUT2D eigenvalue weighted by Gasteiger charge is 2.41. The third kappa shape index (κ3) is 3.43. The summed E-state index contributed by atoms with van der Waals surface area (Å²) in [5.74, 6) is -2.20. The van der Waals surface area contributed by atoms with E-state index in [-0.39, 0.29) is 12.1 Å². The number of carbonyl (C=O) groups is 2. The Balaban J connectivity index is 1.53. The van der Waals surface area contributed by atoms with Gasteiger partial charge in [-0.1, -0.05) is 6.07 Å². The lowest BCUT2D eigenvalue weighted by Gasteiger charge is -2.20. The molecular formula is C20H18F2N2O4. The average molecular weight is 388 g/mol. The van der Waals surface area contributed by atoms with E-state index in [4.69, 9.17) is 4.74 Å². The number of nitrogens with one attached hydrogen (secondary N) is 2. The molecule has 3 atom stereocenters. The van der Waals surface area contributed by atoms with Gasteiger partial charge >= 0.3 is 6.09 Å². The van der Waals surface area contributed by atoms with Gasteiger partial charge in [-0.05, 0) is 59.9 Å². The highest BCUT2D eigenvalue weighted by atomic mass is 19.1. The van der Waals surface area contributed by atoms with E-state index in [0.717, 1.165) is 5.56 Å². The van der Waals surface area contributed by atoms with E-state index in [1.807, 2.05) is 0 Å². The Bertz CT molecular complexity index is 933. The molecule has 0 bridgehead atoms. The summed E-state index contributed by atoms with van der Waals surface area (Å²) in [5, 5.41) is 14.9. The van der Waals surface area contributed by atoms with E-state index in [2.05, 4.69) is 10.6 Å². The summed E-state index contributed by atoms with van der Waals surface area (Å²) < 4.78 is 32.8. The molecule has 1 saturated heterocycles. The number of aliphatic hydroxyl groups is 1. The van der Waals surface area contributed by atoms with Gasteiger partial charge in [0.2, 0.25) is 0 Å². The molecule has 1 heterocycles. The van der Waals surface area contributed by atoms with Crippen molar-refractivity contribution in [2.45, 2.75) is 31.0 Å². The van der Waals surface area contributed by atoms with Gasteiger partial charge in [0.25, 0.3) is 5.91 Å². The minimum Gasteiger partial charge on any atom is -0.435 e. The molecule has 28 heavy (non-hydrogen) atoms. The van der Waals surface area contributed by atoms with Crippen molar-refractivity contribution in [2.75, 3.05) is 11.9 Å². The summed E-state index contributed by atoms with van der Waals surface area (Å²) in [4.78, 5) is 24.3. The van der Waals surface area contributed by atoms with Gasteiger partial charge in [0.1, 0.15) is 11.6 Å². The molecule has 0 spiro atoms. The Morgan fingerprint density at radius 2 is 1.93 bits per heavy atom. The highest BCUT2D eigenvalue weighted by Crippen LogP contribution is 2.36. The van der Waals surface area contributed by atoms with Crippen molar-refractivity contribution in [3.8, 4) is 0 Å². The number of ether oxygens (including phenoxy) is 1. The number of carbonyl (C=O) groups excluding carboxylic acids is 2. The fourth-order valence-electron chi connectivity index (χ4n) is 3.72. The van der Waals surface area contributed by atoms with Gasteiger partial charge in [-0.3, -0.25) is 10.1 Å². The van der Waals surface area contributed by atoms with Crippen LogP contribution in [0, 0.1) is 11.6 Å². The van der Waals surface area contributed by atoms with Crippen molar-refractivity contribution in [3.63, 3.8) is 0 Å². The van der Waals surface area contributed by atoms with Crippen LogP contribution >= 0.6 is 0 Å². The van der Waals surface area contributed by atoms with E-state index >= 15 is 0 Å². The van der Waals surface area contributed by atoms with Crippen molar-refractivity contribution < 1.29 is 28.2 Å². The maximum atomic E-state index is 14.7. The van der Waals surface area contributed by atoms with E-state index < -0.39 is 41.8 Å². The molecule has 6 nitrogen and oxygen atoms in total. The van der Waals surface area contributed by atoms with Crippen molar-refractivity contribution in [3.05, 3.63) is 64.7 Å². The fraction of sp³-hybridized carbons (Fsp3) is 0.300. The quantitative estimate of drug-likeness (QED) is 0.755. The Morgan fingerprint density at radius 1 is 1.18 bits per heavy atom. The molecule has 0 saturated carbocycles. The van der Waals surface area contributed by atoms with Crippen molar-refractivity contribution in [1.82, 2.24) is 5.32 Å². The molecule has 1 unspecified atom stereocenters. The Hall–Kier alpha value is -3.00. The summed E-state index contributed by atoms with van der Waals surface area (Å²) >= 11 is 0. The van der Waals surface area contributed by atoms with Gasteiger partial charge in [0, 0.05) is 12.2 Å². The predicted molar refractivity (Wildman–Crippen MR) is 95.7 cm³/mol. The second kappa shape index (κ2) is 7.20. The number of hydrogen-bond acceptors (Lipinski definition) is 4. The lowest BCUT2D eigenvalue weighted by atomic mass is 9.92. The second-order valence-corrected chi connectivity index (χ2v) is 6.94. The molecule has 1 aliphatic carbocycles. The molecule has 2 aromatic carbocycles. The summed E-state index contributed by atoms with van der Waals surface area (Å²) in [6.07, 6.45) is -1.63. The normalized spacial score (nSPS) is 23.2. The number of benzene rings is 2. The largest absolute Gasteiger partial charge is 0.435 e. The molecule has 1 aliphatic heterocycles. The number of fused-ring (bicyclic) bond motifs is 1. The number of halogens is 2. The number of aryl methyl sites for hydroxylation is 1. The molecule has 0 aromatic heterocycles. The van der Waals surface area contributed by atoms with Crippen LogP contribution < -0.4 is 10.6 Å². The first kappa shape index (κ1) is 18.4. The molecule has 8 heteroatoms. The SMILES string of the molecule is O=C(Nc1ccc(F)cc1)O[C@@H]1C(=O)NC[C@H]1c1cc2c(cc1F)C(O)CC2. The molecule has 3 N–H and O–H groups in total. The van der Waals surface area contributed by atoms with E-state index in [9.17, 15) is 23.5 Å². The minimum absolute atomic E-state index is 0.131. The lowest BCUT2D eigenvalue weighted by Crippen LogP contribution is -2.32. The molecule has 0 radical (unpaired) electrons. The first-order valence-corrected chi connectivity index (χ1v) is 8.93. The second-order valence-electron chi connectivity index (χ2n) is 6.94. The van der Waals surface area contributed by atoms with Crippen LogP contribution in [0.15, 0.2) is 36.4 Å². The van der Waals surface area contributed by atoms with Gasteiger partial charge < -0.3 is 15.2 Å². The Kier molecular flexibility index (Phi) is 4.72. The molecule has 2 amide bonds. The molecule has 2 aliphatic rings. The van der Waals surface area contributed by atoms with Gasteiger partial charge in [-0.15, -0.1) is 0 Å². The molecular weight excluding hydrogens is 370 g/mol. The van der Waals surface area contributed by atoms with Crippen LogP contribution in [-0.2, 0) is 16.0 Å². The van der Waals surface area contributed by atoms with Crippen LogP contribution in [0.3, 0.4) is 0 Å². The summed E-state index contributed by atoms with van der Waals surface area (Å²) in [7, 11) is 0. The maximum Gasteiger partial charge on any atom is 0.412 e. The molecule has 4 rings (SSSR count). The van der Waals surface area contributed by atoms with Crippen LogP contribution in [0.2, 0.25) is 0 Å². The standard InChI is InChI=1S/C20H18F2N2O4/c21-11-2-4-12(5-3-11)24-20(27)28-18-15(9-23-19(18)26)14-7-10-1-6-17(25)13(10)8-16(14)22/h2-5,7-8,15,17-18,25H,1,6,9H2,(H,23,26)(H,24,27)/t15-,17?,18-/m0/s1. The third-order valence-electron chi connectivity index (χ3n) is 5.15. The number of hydrogen-bond donors (Lipinski definition) is 3. The third-order valence-corrected chi connectivity index (χ3v) is 5.15. The Morgan fingerprint density at radius 3 is 2.68 bits per heavy atom. The van der Waals surface area contributed by atoms with Gasteiger partial charge in [0.15, 0.2) is 6.10 Å². The molecule has 1 fully saturated rings. The predicted octanol–water partition coefficient (Wildman–Crippen LogP) is 2.78. The zero-order valence-electron chi connectivity index (χ0n) is 14.7. The van der Waals surface area contributed by atoms with Crippen LogP contribution in [0.25, 0.3) is 0 Å². The van der Waals surface area contributed by atoms with Crippen molar-refractivity contribution >= 4 is 17.7 Å². The van der Waals surface area contributed by atoms with Crippen LogP contribution in [0.5, 0.6) is 0 Å². The topological polar surface area (TPSA) is 87.7 Å². The van der Waals surface area contributed by atoms with Gasteiger partial charge in [0.05, 0.1) is 12.0 Å². The Labute approximate surface area is 159 Å². The van der Waals surface area contributed by atoms with Gasteiger partial charge in [-0.2, -0.15) is 0 Å². The fourth-order valence-corrected chi connectivity index (χ4v) is 3.72. The average Bonchev–Trinajstić information content (AvgIpc) is 3.20. The summed E-state index contributed by atoms with van der Waals surface area (Å²) in [6, 6.07) is 7.99. The zero-order valence-corrected chi connectivity index (χ0v) is 14.7. The number of rotatable bonds is 3. The van der Waals surface area contributed by atoms with Crippen molar-refractivity contribution in [1.29, 1.82) is 0 Å². The van der Waals surface area contributed by atoms with Crippen molar-refractivity contribution in [2.24, 2.45) is 0 Å². The number of amides is 2. The first-order chi connectivity index (χ1) is 13.4. The first-order valence-electron chi connectivity index (χ1n) is 8.93. The smallest absolute Gasteiger partial charge is 0.412 e. The van der Waals surface area contributed by atoms with Crippen LogP contribution in [0.4, 0.5) is 19.3 Å². The minimum atomic E-state index is -1.20. The zero-order chi connectivity index (χ0) is 19.8. The van der Waals surface area contributed by atoms with Crippen LogP contribution in [-0.4, -0.2) is 29.8 Å². The monoisotopic (exact) mass is 388 g/mol. The van der Waals surface area contributed by atoms with E-state index in [1.54, 1.807) is 6.07 Å². The van der Waals surface area contributed by atoms with Gasteiger partial charge in [-0.25, -0.2) is 13.6 Å². The number of aliphatic hydroxyl groups excluding tert-OH is 1. The summed E-state index contributed by atoms with van der Waals surface area (Å²) in [5.41, 5.74) is 1.97. The maximum absolute atomic E-state index is 14.7. The van der Waals surface area contributed by atoms with E-state index in [0.29, 0.717) is 24.1 Å². The number of anilines is 1. The summed E-state index contributed by atoms with van der Waals surface area (Å²) in [6.45, 7) is 0.131.